The van der Waals surface area contributed by atoms with E-state index in [1.165, 1.54) is 18.3 Å². The maximum absolute atomic E-state index is 13.1. The molecule has 1 heterocycles. The number of rotatable bonds is 2. The molecule has 0 aliphatic heterocycles. The van der Waals surface area contributed by atoms with Gasteiger partial charge in [0.05, 0.1) is 11.1 Å². The Morgan fingerprint density at radius 1 is 1.28 bits per heavy atom. The molecule has 2 aromatic rings. The predicted octanol–water partition coefficient (Wildman–Crippen LogP) is 2.81. The van der Waals surface area contributed by atoms with Gasteiger partial charge in [0.1, 0.15) is 11.6 Å². The lowest BCUT2D eigenvalue weighted by molar-refractivity contribution is 0.624. The van der Waals surface area contributed by atoms with Crippen LogP contribution in [-0.4, -0.2) is 4.98 Å². The molecule has 0 radical (unpaired) electrons. The monoisotopic (exact) mass is 265 g/mol. The Kier molecular flexibility index (Phi) is 3.50. The predicted molar refractivity (Wildman–Crippen MR) is 70.8 cm³/mol. The SMILES string of the molecule is Cc1cc(F)ccc1C(N)c1cc(Cl)cnc1N. The molecule has 0 aliphatic rings. The number of nitrogens with zero attached hydrogens (tertiary/aromatic N) is 1. The van der Waals surface area contributed by atoms with Crippen molar-refractivity contribution in [2.45, 2.75) is 13.0 Å². The summed E-state index contributed by atoms with van der Waals surface area (Å²) >= 11 is 5.88. The van der Waals surface area contributed by atoms with Gasteiger partial charge in [-0.05, 0) is 36.2 Å². The molecular weight excluding hydrogens is 253 g/mol. The number of hydrogen-bond acceptors (Lipinski definition) is 3. The van der Waals surface area contributed by atoms with Crippen molar-refractivity contribution in [1.29, 1.82) is 0 Å². The van der Waals surface area contributed by atoms with Crippen LogP contribution in [0.4, 0.5) is 10.2 Å². The van der Waals surface area contributed by atoms with Crippen LogP contribution in [0.1, 0.15) is 22.7 Å². The molecule has 1 unspecified atom stereocenters. The maximum atomic E-state index is 13.1. The lowest BCUT2D eigenvalue weighted by Gasteiger charge is -2.16. The highest BCUT2D eigenvalue weighted by molar-refractivity contribution is 6.30. The number of benzene rings is 1. The minimum absolute atomic E-state index is 0.291. The zero-order valence-electron chi connectivity index (χ0n) is 9.82. The van der Waals surface area contributed by atoms with Crippen LogP contribution in [0.15, 0.2) is 30.5 Å². The average molecular weight is 266 g/mol. The van der Waals surface area contributed by atoms with Crippen molar-refractivity contribution in [2.75, 3.05) is 5.73 Å². The molecule has 0 saturated heterocycles. The zero-order valence-corrected chi connectivity index (χ0v) is 10.6. The molecule has 1 atom stereocenters. The molecule has 18 heavy (non-hydrogen) atoms. The van der Waals surface area contributed by atoms with Gasteiger partial charge in [0.15, 0.2) is 0 Å². The Balaban J connectivity index is 2.47. The van der Waals surface area contributed by atoms with Gasteiger partial charge in [-0.2, -0.15) is 0 Å². The molecule has 0 bridgehead atoms. The highest BCUT2D eigenvalue weighted by Gasteiger charge is 2.15. The third kappa shape index (κ3) is 2.44. The first-order valence-corrected chi connectivity index (χ1v) is 5.79. The maximum Gasteiger partial charge on any atom is 0.128 e. The molecule has 3 nitrogen and oxygen atoms in total. The average Bonchev–Trinajstić information content (AvgIpc) is 2.31. The van der Waals surface area contributed by atoms with Crippen LogP contribution < -0.4 is 11.5 Å². The van der Waals surface area contributed by atoms with Gasteiger partial charge >= 0.3 is 0 Å². The number of hydrogen-bond donors (Lipinski definition) is 2. The smallest absolute Gasteiger partial charge is 0.128 e. The molecule has 4 N–H and O–H groups in total. The van der Waals surface area contributed by atoms with Crippen LogP contribution in [0.5, 0.6) is 0 Å². The number of aryl methyl sites for hydroxylation is 1. The molecule has 0 saturated carbocycles. The van der Waals surface area contributed by atoms with E-state index in [0.717, 1.165) is 11.1 Å². The molecule has 0 aliphatic carbocycles. The summed E-state index contributed by atoms with van der Waals surface area (Å²) in [5.74, 6) is 0.0382. The molecule has 94 valence electrons. The summed E-state index contributed by atoms with van der Waals surface area (Å²) in [5.41, 5.74) is 14.1. The first-order chi connectivity index (χ1) is 8.49. The second-order valence-corrected chi connectivity index (χ2v) is 4.54. The first-order valence-electron chi connectivity index (χ1n) is 5.41. The molecule has 5 heteroatoms. The quantitative estimate of drug-likeness (QED) is 0.878. The fourth-order valence-electron chi connectivity index (χ4n) is 1.87. The van der Waals surface area contributed by atoms with E-state index in [1.54, 1.807) is 19.1 Å². The molecule has 2 rings (SSSR count). The highest BCUT2D eigenvalue weighted by Crippen LogP contribution is 2.27. The van der Waals surface area contributed by atoms with Gasteiger partial charge in [-0.1, -0.05) is 17.7 Å². The Labute approximate surface area is 110 Å². The van der Waals surface area contributed by atoms with Gasteiger partial charge < -0.3 is 11.5 Å². The van der Waals surface area contributed by atoms with Crippen LogP contribution in [0.2, 0.25) is 5.02 Å². The molecular formula is C13H13ClFN3. The van der Waals surface area contributed by atoms with Gasteiger partial charge in [-0.15, -0.1) is 0 Å². The Morgan fingerprint density at radius 2 is 2.00 bits per heavy atom. The fraction of sp³-hybridized carbons (Fsp3) is 0.154. The van der Waals surface area contributed by atoms with Crippen molar-refractivity contribution in [3.63, 3.8) is 0 Å². The second kappa shape index (κ2) is 4.92. The Hall–Kier alpha value is -1.65. The number of nitrogen functional groups attached to an aromatic ring is 1. The summed E-state index contributed by atoms with van der Waals surface area (Å²) in [5, 5.41) is 0.467. The van der Waals surface area contributed by atoms with Crippen molar-refractivity contribution < 1.29 is 4.39 Å². The lowest BCUT2D eigenvalue weighted by Crippen LogP contribution is -2.16. The van der Waals surface area contributed by atoms with Gasteiger partial charge in [-0.3, -0.25) is 0 Å². The van der Waals surface area contributed by atoms with E-state index >= 15 is 0 Å². The van der Waals surface area contributed by atoms with Gasteiger partial charge in [0.25, 0.3) is 0 Å². The number of anilines is 1. The van der Waals surface area contributed by atoms with E-state index in [1.807, 2.05) is 0 Å². The lowest BCUT2D eigenvalue weighted by atomic mass is 9.96. The van der Waals surface area contributed by atoms with E-state index in [9.17, 15) is 4.39 Å². The van der Waals surface area contributed by atoms with E-state index in [-0.39, 0.29) is 5.82 Å². The minimum atomic E-state index is -0.475. The van der Waals surface area contributed by atoms with Crippen molar-refractivity contribution in [3.8, 4) is 0 Å². The molecule has 0 fully saturated rings. The van der Waals surface area contributed by atoms with Gasteiger partial charge in [0.2, 0.25) is 0 Å². The molecule has 0 spiro atoms. The topological polar surface area (TPSA) is 64.9 Å². The number of pyridine rings is 1. The summed E-state index contributed by atoms with van der Waals surface area (Å²) in [7, 11) is 0. The zero-order chi connectivity index (χ0) is 13.3. The van der Waals surface area contributed by atoms with E-state index < -0.39 is 6.04 Å². The third-order valence-corrected chi connectivity index (χ3v) is 3.02. The first kappa shape index (κ1) is 12.8. The van der Waals surface area contributed by atoms with Crippen LogP contribution >= 0.6 is 11.6 Å². The van der Waals surface area contributed by atoms with Crippen molar-refractivity contribution in [2.24, 2.45) is 5.73 Å². The van der Waals surface area contributed by atoms with E-state index in [0.29, 0.717) is 16.4 Å². The van der Waals surface area contributed by atoms with E-state index in [4.69, 9.17) is 23.1 Å². The fourth-order valence-corrected chi connectivity index (χ4v) is 2.04. The largest absolute Gasteiger partial charge is 0.383 e. The Morgan fingerprint density at radius 3 is 2.67 bits per heavy atom. The molecule has 1 aromatic heterocycles. The van der Waals surface area contributed by atoms with E-state index in [2.05, 4.69) is 4.98 Å². The molecule has 1 aromatic carbocycles. The molecule has 0 amide bonds. The van der Waals surface area contributed by atoms with Crippen molar-refractivity contribution >= 4 is 17.4 Å². The van der Waals surface area contributed by atoms with Crippen LogP contribution in [0.3, 0.4) is 0 Å². The standard InChI is InChI=1S/C13H13ClFN3/c1-7-4-9(15)2-3-10(7)12(16)11-5-8(14)6-18-13(11)17/h2-6,12H,16H2,1H3,(H2,17,18). The van der Waals surface area contributed by atoms with Crippen LogP contribution in [0, 0.1) is 12.7 Å². The summed E-state index contributed by atoms with van der Waals surface area (Å²) in [4.78, 5) is 3.96. The summed E-state index contributed by atoms with van der Waals surface area (Å²) in [6.45, 7) is 1.80. The number of nitrogens with two attached hydrogens (primary N) is 2. The van der Waals surface area contributed by atoms with Gasteiger partial charge in [-0.25, -0.2) is 9.37 Å². The number of aromatic nitrogens is 1. The van der Waals surface area contributed by atoms with Crippen LogP contribution in [0.25, 0.3) is 0 Å². The second-order valence-electron chi connectivity index (χ2n) is 4.11. The third-order valence-electron chi connectivity index (χ3n) is 2.82. The summed E-state index contributed by atoms with van der Waals surface area (Å²) in [6.07, 6.45) is 1.46. The van der Waals surface area contributed by atoms with Crippen LogP contribution in [-0.2, 0) is 0 Å². The number of halogens is 2. The summed E-state index contributed by atoms with van der Waals surface area (Å²) in [6, 6.07) is 5.66. The minimum Gasteiger partial charge on any atom is -0.383 e. The van der Waals surface area contributed by atoms with Crippen molar-refractivity contribution in [1.82, 2.24) is 4.98 Å². The normalized spacial score (nSPS) is 12.4. The Bertz CT molecular complexity index is 586. The highest BCUT2D eigenvalue weighted by atomic mass is 35.5. The van der Waals surface area contributed by atoms with Gasteiger partial charge in [0, 0.05) is 11.8 Å². The van der Waals surface area contributed by atoms with Crippen molar-refractivity contribution in [3.05, 3.63) is 58.0 Å². The summed E-state index contributed by atoms with van der Waals surface area (Å²) < 4.78 is 13.1.